The molecule has 0 unspecified atom stereocenters. The highest BCUT2D eigenvalue weighted by molar-refractivity contribution is 9.10. The van der Waals surface area contributed by atoms with Gasteiger partial charge in [0.25, 0.3) is 0 Å². The Labute approximate surface area is 121 Å². The first kappa shape index (κ1) is 14.3. The lowest BCUT2D eigenvalue weighted by atomic mass is 10.1. The van der Waals surface area contributed by atoms with Gasteiger partial charge in [-0.1, -0.05) is 30.3 Å². The van der Waals surface area contributed by atoms with Crippen LogP contribution in [0.3, 0.4) is 0 Å². The summed E-state index contributed by atoms with van der Waals surface area (Å²) in [6, 6.07) is 12.3. The molecule has 0 aromatic heterocycles. The van der Waals surface area contributed by atoms with Gasteiger partial charge in [0.1, 0.15) is 5.75 Å². The van der Waals surface area contributed by atoms with E-state index in [2.05, 4.69) is 39.4 Å². The van der Waals surface area contributed by atoms with Crippen molar-refractivity contribution in [2.45, 2.75) is 6.42 Å². The first-order valence-electron chi connectivity index (χ1n) is 6.44. The molecule has 0 aliphatic heterocycles. The molecule has 0 bridgehead atoms. The van der Waals surface area contributed by atoms with Crippen molar-refractivity contribution in [1.82, 2.24) is 5.32 Å². The second-order valence-electron chi connectivity index (χ2n) is 4.27. The van der Waals surface area contributed by atoms with Gasteiger partial charge in [-0.2, -0.15) is 0 Å². The smallest absolute Gasteiger partial charge is 0.134 e. The lowest BCUT2D eigenvalue weighted by molar-refractivity contribution is 0.281. The molecule has 0 spiro atoms. The first-order chi connectivity index (χ1) is 9.33. The van der Waals surface area contributed by atoms with E-state index < -0.39 is 0 Å². The maximum absolute atomic E-state index is 8.64. The molecule has 0 atom stereocenters. The van der Waals surface area contributed by atoms with Gasteiger partial charge in [0.05, 0.1) is 17.7 Å². The predicted octanol–water partition coefficient (Wildman–Crippen LogP) is 2.95. The van der Waals surface area contributed by atoms with Gasteiger partial charge in [-0.25, -0.2) is 0 Å². The number of hydrogen-bond donors (Lipinski definition) is 2. The van der Waals surface area contributed by atoms with E-state index in [-0.39, 0.29) is 6.61 Å². The third-order valence-corrected chi connectivity index (χ3v) is 3.69. The fourth-order valence-corrected chi connectivity index (χ4v) is 2.52. The normalized spacial score (nSPS) is 10.8. The number of aliphatic hydroxyl groups excluding tert-OH is 1. The lowest BCUT2D eigenvalue weighted by Gasteiger charge is -2.10. The van der Waals surface area contributed by atoms with Crippen LogP contribution in [0.1, 0.15) is 6.42 Å². The highest BCUT2D eigenvalue weighted by Gasteiger charge is 2.05. The minimum Gasteiger partial charge on any atom is -0.492 e. The van der Waals surface area contributed by atoms with Crippen LogP contribution in [0, 0.1) is 0 Å². The number of fused-ring (bicyclic) bond motifs is 1. The molecule has 0 radical (unpaired) electrons. The maximum Gasteiger partial charge on any atom is 0.134 e. The largest absolute Gasteiger partial charge is 0.492 e. The van der Waals surface area contributed by atoms with E-state index in [9.17, 15) is 0 Å². The highest BCUT2D eigenvalue weighted by atomic mass is 79.9. The van der Waals surface area contributed by atoms with Gasteiger partial charge in [0, 0.05) is 6.54 Å². The van der Waals surface area contributed by atoms with Gasteiger partial charge in [-0.15, -0.1) is 0 Å². The minimum absolute atomic E-state index is 0.178. The van der Waals surface area contributed by atoms with Crippen LogP contribution in [-0.2, 0) is 0 Å². The van der Waals surface area contributed by atoms with Crippen LogP contribution in [0.25, 0.3) is 10.8 Å². The highest BCUT2D eigenvalue weighted by Crippen LogP contribution is 2.32. The molecule has 4 heteroatoms. The standard InChI is InChI=1S/C15H18BrNO2/c16-15-13-5-2-1-4-12(13)6-7-14(15)19-11-3-8-17-9-10-18/h1-2,4-7,17-18H,3,8-11H2. The van der Waals surface area contributed by atoms with Gasteiger partial charge >= 0.3 is 0 Å². The van der Waals surface area contributed by atoms with E-state index in [1.165, 1.54) is 10.8 Å². The van der Waals surface area contributed by atoms with Crippen molar-refractivity contribution >= 4 is 26.7 Å². The molecule has 0 saturated carbocycles. The molecule has 102 valence electrons. The molecular weight excluding hydrogens is 306 g/mol. The Morgan fingerprint density at radius 3 is 2.79 bits per heavy atom. The Kier molecular flexibility index (Phi) is 5.63. The van der Waals surface area contributed by atoms with Crippen LogP contribution in [0.5, 0.6) is 5.75 Å². The SMILES string of the molecule is OCCNCCCOc1ccc2ccccc2c1Br. The summed E-state index contributed by atoms with van der Waals surface area (Å²) in [7, 11) is 0. The summed E-state index contributed by atoms with van der Waals surface area (Å²) in [6.07, 6.45) is 0.916. The van der Waals surface area contributed by atoms with E-state index in [4.69, 9.17) is 9.84 Å². The Hall–Kier alpha value is -1.10. The zero-order valence-corrected chi connectivity index (χ0v) is 12.3. The topological polar surface area (TPSA) is 41.5 Å². The molecule has 19 heavy (non-hydrogen) atoms. The van der Waals surface area contributed by atoms with E-state index in [0.717, 1.165) is 23.2 Å². The second-order valence-corrected chi connectivity index (χ2v) is 5.07. The molecule has 0 aliphatic carbocycles. The molecular formula is C15H18BrNO2. The molecule has 0 heterocycles. The molecule has 0 amide bonds. The molecule has 0 saturated heterocycles. The van der Waals surface area contributed by atoms with Crippen molar-refractivity contribution in [3.8, 4) is 5.75 Å². The number of rotatable bonds is 7. The summed E-state index contributed by atoms with van der Waals surface area (Å²) >= 11 is 3.60. The summed E-state index contributed by atoms with van der Waals surface area (Å²) < 4.78 is 6.78. The van der Waals surface area contributed by atoms with Crippen molar-refractivity contribution in [1.29, 1.82) is 0 Å². The zero-order valence-electron chi connectivity index (χ0n) is 10.7. The van der Waals surface area contributed by atoms with Crippen LogP contribution in [-0.4, -0.2) is 31.4 Å². The Balaban J connectivity index is 1.92. The van der Waals surface area contributed by atoms with Crippen molar-refractivity contribution in [2.75, 3.05) is 26.3 Å². The molecule has 3 nitrogen and oxygen atoms in total. The van der Waals surface area contributed by atoms with Gasteiger partial charge in [0.2, 0.25) is 0 Å². The molecule has 2 N–H and O–H groups in total. The van der Waals surface area contributed by atoms with Crippen molar-refractivity contribution < 1.29 is 9.84 Å². The van der Waals surface area contributed by atoms with Gasteiger partial charge in [-0.05, 0) is 45.7 Å². The Morgan fingerprint density at radius 1 is 1.11 bits per heavy atom. The van der Waals surface area contributed by atoms with E-state index in [1.807, 2.05) is 18.2 Å². The fourth-order valence-electron chi connectivity index (χ4n) is 1.91. The summed E-state index contributed by atoms with van der Waals surface area (Å²) in [5.41, 5.74) is 0. The summed E-state index contributed by atoms with van der Waals surface area (Å²) in [5.74, 6) is 0.876. The zero-order chi connectivity index (χ0) is 13.5. The number of benzene rings is 2. The third kappa shape index (κ3) is 3.93. The summed E-state index contributed by atoms with van der Waals surface area (Å²) in [5, 5.41) is 14.1. The van der Waals surface area contributed by atoms with Gasteiger partial charge < -0.3 is 15.2 Å². The van der Waals surface area contributed by atoms with Crippen LogP contribution >= 0.6 is 15.9 Å². The molecule has 0 aliphatic rings. The third-order valence-electron chi connectivity index (χ3n) is 2.87. The van der Waals surface area contributed by atoms with Crippen LogP contribution in [0.4, 0.5) is 0 Å². The van der Waals surface area contributed by atoms with Gasteiger partial charge in [0.15, 0.2) is 0 Å². The lowest BCUT2D eigenvalue weighted by Crippen LogP contribution is -2.20. The quantitative estimate of drug-likeness (QED) is 0.770. The van der Waals surface area contributed by atoms with Crippen LogP contribution in [0.15, 0.2) is 40.9 Å². The van der Waals surface area contributed by atoms with E-state index in [1.54, 1.807) is 0 Å². The fraction of sp³-hybridized carbons (Fsp3) is 0.333. The van der Waals surface area contributed by atoms with E-state index in [0.29, 0.717) is 13.2 Å². The number of nitrogens with one attached hydrogen (secondary N) is 1. The van der Waals surface area contributed by atoms with Crippen molar-refractivity contribution in [3.05, 3.63) is 40.9 Å². The number of hydrogen-bond acceptors (Lipinski definition) is 3. The van der Waals surface area contributed by atoms with Crippen LogP contribution in [0.2, 0.25) is 0 Å². The molecule has 2 aromatic carbocycles. The first-order valence-corrected chi connectivity index (χ1v) is 7.24. The average molecular weight is 324 g/mol. The summed E-state index contributed by atoms with van der Waals surface area (Å²) in [4.78, 5) is 0. The van der Waals surface area contributed by atoms with Crippen LogP contribution < -0.4 is 10.1 Å². The van der Waals surface area contributed by atoms with E-state index >= 15 is 0 Å². The second kappa shape index (κ2) is 7.48. The summed E-state index contributed by atoms with van der Waals surface area (Å²) in [6.45, 7) is 2.33. The Morgan fingerprint density at radius 2 is 1.95 bits per heavy atom. The monoisotopic (exact) mass is 323 g/mol. The number of ether oxygens (including phenoxy) is 1. The van der Waals surface area contributed by atoms with Gasteiger partial charge in [-0.3, -0.25) is 0 Å². The maximum atomic E-state index is 8.64. The van der Waals surface area contributed by atoms with Crippen molar-refractivity contribution in [2.24, 2.45) is 0 Å². The predicted molar refractivity (Wildman–Crippen MR) is 81.7 cm³/mol. The number of aliphatic hydroxyl groups is 1. The average Bonchev–Trinajstić information content (AvgIpc) is 2.45. The number of halogens is 1. The van der Waals surface area contributed by atoms with Crippen molar-refractivity contribution in [3.63, 3.8) is 0 Å². The molecule has 0 fully saturated rings. The molecule has 2 rings (SSSR count). The molecule has 2 aromatic rings. The minimum atomic E-state index is 0.178. The Bertz CT molecular complexity index is 531.